The second kappa shape index (κ2) is 8.20. The lowest BCUT2D eigenvalue weighted by molar-refractivity contribution is -0.120. The van der Waals surface area contributed by atoms with Crippen LogP contribution in [0, 0.1) is 0 Å². The van der Waals surface area contributed by atoms with Crippen LogP contribution in [0.15, 0.2) is 67.0 Å². The average Bonchev–Trinajstić information content (AvgIpc) is 3.14. The van der Waals surface area contributed by atoms with Crippen LogP contribution in [0.4, 0.5) is 0 Å². The Labute approximate surface area is 170 Å². The van der Waals surface area contributed by atoms with Crippen LogP contribution in [0.5, 0.6) is 0 Å². The van der Waals surface area contributed by atoms with E-state index in [0.29, 0.717) is 0 Å². The Morgan fingerprint density at radius 3 is 2.62 bits per heavy atom. The number of carbonyl (C=O) groups excluding carboxylic acids is 1. The minimum absolute atomic E-state index is 0.154. The van der Waals surface area contributed by atoms with Crippen molar-refractivity contribution in [2.24, 2.45) is 0 Å². The van der Waals surface area contributed by atoms with Crippen molar-refractivity contribution in [3.8, 4) is 11.1 Å². The zero-order chi connectivity index (χ0) is 20.2. The summed E-state index contributed by atoms with van der Waals surface area (Å²) in [6.45, 7) is 0.275. The molecule has 0 saturated carbocycles. The molecule has 0 fully saturated rings. The maximum Gasteiger partial charge on any atom is 0.335 e. The van der Waals surface area contributed by atoms with Crippen LogP contribution in [-0.4, -0.2) is 27.0 Å². The molecule has 2 aromatic carbocycles. The van der Waals surface area contributed by atoms with E-state index in [1.54, 1.807) is 30.6 Å². The van der Waals surface area contributed by atoms with E-state index >= 15 is 0 Å². The Hall–Kier alpha value is -3.58. The number of carboxylic acid groups (broad SMARTS) is 1. The van der Waals surface area contributed by atoms with E-state index in [4.69, 9.17) is 5.11 Å². The maximum absolute atomic E-state index is 12.3. The predicted molar refractivity (Wildman–Crippen MR) is 112 cm³/mol. The van der Waals surface area contributed by atoms with Gasteiger partial charge in [-0.15, -0.1) is 11.3 Å². The fraction of sp³-hybridized carbons (Fsp3) is 0.0909. The fourth-order valence-electron chi connectivity index (χ4n) is 2.99. The largest absolute Gasteiger partial charge is 0.478 e. The van der Waals surface area contributed by atoms with Gasteiger partial charge in [0.05, 0.1) is 22.2 Å². The number of amides is 1. The molecule has 4 aromatic rings. The van der Waals surface area contributed by atoms with Crippen molar-refractivity contribution in [3.63, 3.8) is 0 Å². The molecule has 0 saturated heterocycles. The number of thiazole rings is 1. The van der Waals surface area contributed by atoms with Crippen molar-refractivity contribution in [1.29, 1.82) is 0 Å². The molecule has 2 aromatic heterocycles. The number of nitrogens with zero attached hydrogens (tertiary/aromatic N) is 2. The Morgan fingerprint density at radius 1 is 1.00 bits per heavy atom. The van der Waals surface area contributed by atoms with Gasteiger partial charge in [-0.3, -0.25) is 9.78 Å². The molecule has 2 heterocycles. The summed E-state index contributed by atoms with van der Waals surface area (Å²) in [6, 6.07) is 16.5. The molecule has 0 radical (unpaired) electrons. The molecule has 7 heteroatoms. The van der Waals surface area contributed by atoms with E-state index in [0.717, 1.165) is 31.9 Å². The molecule has 6 nitrogen and oxygen atoms in total. The van der Waals surface area contributed by atoms with E-state index in [-0.39, 0.29) is 24.4 Å². The molecule has 4 rings (SSSR count). The monoisotopic (exact) mass is 403 g/mol. The first-order valence-electron chi connectivity index (χ1n) is 8.97. The third-order valence-corrected chi connectivity index (χ3v) is 5.44. The Kier molecular flexibility index (Phi) is 5.31. The average molecular weight is 403 g/mol. The molecule has 2 N–H and O–H groups in total. The van der Waals surface area contributed by atoms with Crippen molar-refractivity contribution in [2.75, 3.05) is 0 Å². The maximum atomic E-state index is 12.3. The Balaban J connectivity index is 1.43. The zero-order valence-corrected chi connectivity index (χ0v) is 16.1. The van der Waals surface area contributed by atoms with Gasteiger partial charge in [0.1, 0.15) is 5.01 Å². The van der Waals surface area contributed by atoms with E-state index in [9.17, 15) is 9.59 Å². The van der Waals surface area contributed by atoms with Crippen LogP contribution < -0.4 is 5.32 Å². The summed E-state index contributed by atoms with van der Waals surface area (Å²) in [7, 11) is 0. The number of hydrogen-bond acceptors (Lipinski definition) is 5. The van der Waals surface area contributed by atoms with E-state index in [1.807, 2.05) is 24.3 Å². The van der Waals surface area contributed by atoms with Gasteiger partial charge in [0.15, 0.2) is 0 Å². The molecule has 0 bridgehead atoms. The van der Waals surface area contributed by atoms with Gasteiger partial charge < -0.3 is 10.4 Å². The first-order valence-corrected chi connectivity index (χ1v) is 9.79. The van der Waals surface area contributed by atoms with Crippen molar-refractivity contribution in [3.05, 3.63) is 83.1 Å². The molecule has 0 atom stereocenters. The third kappa shape index (κ3) is 4.47. The van der Waals surface area contributed by atoms with Gasteiger partial charge in [0.2, 0.25) is 5.91 Å². The van der Waals surface area contributed by atoms with Gasteiger partial charge in [-0.2, -0.15) is 0 Å². The zero-order valence-electron chi connectivity index (χ0n) is 15.3. The summed E-state index contributed by atoms with van der Waals surface area (Å²) in [5, 5.41) is 12.6. The van der Waals surface area contributed by atoms with Gasteiger partial charge in [0, 0.05) is 18.9 Å². The van der Waals surface area contributed by atoms with Crippen LogP contribution in [0.1, 0.15) is 20.9 Å². The smallest absolute Gasteiger partial charge is 0.335 e. The quantitative estimate of drug-likeness (QED) is 0.509. The molecule has 144 valence electrons. The topological polar surface area (TPSA) is 92.2 Å². The van der Waals surface area contributed by atoms with E-state index in [1.165, 1.54) is 17.4 Å². The Morgan fingerprint density at radius 2 is 1.83 bits per heavy atom. The minimum Gasteiger partial charge on any atom is -0.478 e. The number of carbonyl (C=O) groups is 2. The van der Waals surface area contributed by atoms with Gasteiger partial charge in [-0.25, -0.2) is 9.78 Å². The SMILES string of the molecule is O=C(Cc1nc2ccc(-c3ccncc3)cc2s1)NCc1cccc(C(=O)O)c1. The lowest BCUT2D eigenvalue weighted by Crippen LogP contribution is -2.24. The molecule has 0 aliphatic carbocycles. The highest BCUT2D eigenvalue weighted by atomic mass is 32.1. The lowest BCUT2D eigenvalue weighted by Gasteiger charge is -2.05. The van der Waals surface area contributed by atoms with Crippen LogP contribution in [-0.2, 0) is 17.8 Å². The van der Waals surface area contributed by atoms with Crippen LogP contribution in [0.3, 0.4) is 0 Å². The highest BCUT2D eigenvalue weighted by molar-refractivity contribution is 7.18. The molecule has 0 unspecified atom stereocenters. The lowest BCUT2D eigenvalue weighted by atomic mass is 10.1. The molecule has 29 heavy (non-hydrogen) atoms. The second-order valence-corrected chi connectivity index (χ2v) is 7.60. The van der Waals surface area contributed by atoms with Crippen molar-refractivity contribution >= 4 is 33.4 Å². The Bertz CT molecular complexity index is 1190. The molecule has 0 spiro atoms. The van der Waals surface area contributed by atoms with E-state index < -0.39 is 5.97 Å². The third-order valence-electron chi connectivity index (χ3n) is 4.42. The number of benzene rings is 2. The van der Waals surface area contributed by atoms with Crippen LogP contribution in [0.25, 0.3) is 21.3 Å². The number of fused-ring (bicyclic) bond motifs is 1. The van der Waals surface area contributed by atoms with Gasteiger partial charge in [-0.05, 0) is 53.1 Å². The summed E-state index contributed by atoms with van der Waals surface area (Å²) in [4.78, 5) is 31.9. The summed E-state index contributed by atoms with van der Waals surface area (Å²) < 4.78 is 1.02. The van der Waals surface area contributed by atoms with Gasteiger partial charge in [0.25, 0.3) is 0 Å². The highest BCUT2D eigenvalue weighted by Crippen LogP contribution is 2.28. The number of nitrogens with one attached hydrogen (secondary N) is 1. The van der Waals surface area contributed by atoms with Crippen molar-refractivity contribution in [1.82, 2.24) is 15.3 Å². The first kappa shape index (κ1) is 18.8. The molecular formula is C22H17N3O3S. The number of rotatable bonds is 6. The summed E-state index contributed by atoms with van der Waals surface area (Å²) in [6.07, 6.45) is 3.70. The first-order chi connectivity index (χ1) is 14.1. The number of aromatic carboxylic acids is 1. The number of carboxylic acids is 1. The van der Waals surface area contributed by atoms with Crippen molar-refractivity contribution < 1.29 is 14.7 Å². The molecular weight excluding hydrogens is 386 g/mol. The van der Waals surface area contributed by atoms with Crippen LogP contribution in [0.2, 0.25) is 0 Å². The van der Waals surface area contributed by atoms with Crippen molar-refractivity contribution in [2.45, 2.75) is 13.0 Å². The number of pyridine rings is 1. The second-order valence-electron chi connectivity index (χ2n) is 6.49. The highest BCUT2D eigenvalue weighted by Gasteiger charge is 2.11. The summed E-state index contributed by atoms with van der Waals surface area (Å²) >= 11 is 1.50. The molecule has 0 aliphatic rings. The normalized spacial score (nSPS) is 10.8. The molecule has 0 aliphatic heterocycles. The predicted octanol–water partition coefficient (Wildman–Crippen LogP) is 3.92. The number of aromatic nitrogens is 2. The van der Waals surface area contributed by atoms with Crippen LogP contribution >= 0.6 is 11.3 Å². The van der Waals surface area contributed by atoms with E-state index in [2.05, 4.69) is 21.4 Å². The number of hydrogen-bond donors (Lipinski definition) is 2. The summed E-state index contributed by atoms with van der Waals surface area (Å²) in [5.41, 5.74) is 3.97. The minimum atomic E-state index is -0.987. The van der Waals surface area contributed by atoms with Gasteiger partial charge >= 0.3 is 5.97 Å². The standard InChI is InChI=1S/C22H17N3O3S/c26-20(24-13-14-2-1-3-17(10-14)22(27)28)12-21-25-18-5-4-16(11-19(18)29-21)15-6-8-23-9-7-15/h1-11H,12-13H2,(H,24,26)(H,27,28). The van der Waals surface area contributed by atoms with Gasteiger partial charge in [-0.1, -0.05) is 18.2 Å². The summed E-state index contributed by atoms with van der Waals surface area (Å²) in [5.74, 6) is -1.14. The molecule has 1 amide bonds. The fourth-order valence-corrected chi connectivity index (χ4v) is 3.99.